The van der Waals surface area contributed by atoms with Crippen molar-refractivity contribution in [3.05, 3.63) is 126 Å². The highest BCUT2D eigenvalue weighted by Crippen LogP contribution is 2.43. The number of fused-ring (bicyclic) bond motifs is 3. The number of nitriles is 1. The molecule has 1 aliphatic carbocycles. The summed E-state index contributed by atoms with van der Waals surface area (Å²) in [6.45, 7) is 2.13. The molecule has 3 heteroatoms. The third kappa shape index (κ3) is 4.41. The average molecular weight is 534 g/mol. The van der Waals surface area contributed by atoms with Crippen LogP contribution in [0.25, 0.3) is 44.3 Å². The van der Waals surface area contributed by atoms with Gasteiger partial charge in [0.2, 0.25) is 5.69 Å². The van der Waals surface area contributed by atoms with Crippen LogP contribution in [-0.4, -0.2) is 0 Å². The summed E-state index contributed by atoms with van der Waals surface area (Å²) in [5, 5.41) is 12.2. The summed E-state index contributed by atoms with van der Waals surface area (Å²) in [6.07, 6.45) is 6.94. The first-order valence-electron chi connectivity index (χ1n) is 14.6. The second kappa shape index (κ2) is 10.4. The van der Waals surface area contributed by atoms with E-state index in [0.29, 0.717) is 17.4 Å². The third-order valence-electron chi connectivity index (χ3n) is 9.12. The van der Waals surface area contributed by atoms with Gasteiger partial charge >= 0.3 is 0 Å². The van der Waals surface area contributed by atoms with E-state index in [1.807, 2.05) is 18.2 Å². The molecule has 0 radical (unpaired) electrons. The first-order valence-corrected chi connectivity index (χ1v) is 14.6. The molecule has 0 unspecified atom stereocenters. The molecule has 0 bridgehead atoms. The fourth-order valence-corrected chi connectivity index (χ4v) is 6.89. The lowest BCUT2D eigenvalue weighted by molar-refractivity contribution is -0.660. The van der Waals surface area contributed by atoms with Crippen molar-refractivity contribution in [1.82, 2.24) is 0 Å². The van der Waals surface area contributed by atoms with E-state index < -0.39 is 0 Å². The molecule has 3 nitrogen and oxygen atoms in total. The Hall–Kier alpha value is -4.68. The Bertz CT molecular complexity index is 1920. The predicted octanol–water partition coefficient (Wildman–Crippen LogP) is 9.37. The summed E-state index contributed by atoms with van der Waals surface area (Å²) >= 11 is 0. The fraction of sp³-hybridized carbons (Fsp3) is 0.211. The number of rotatable bonds is 4. The van der Waals surface area contributed by atoms with Crippen LogP contribution >= 0.6 is 0 Å². The number of benzene rings is 4. The van der Waals surface area contributed by atoms with Gasteiger partial charge in [-0.2, -0.15) is 5.26 Å². The molecule has 0 amide bonds. The van der Waals surface area contributed by atoms with Crippen molar-refractivity contribution in [2.75, 3.05) is 0 Å². The number of hydrogen-bond donors (Lipinski definition) is 0. The molecule has 0 saturated heterocycles. The molecule has 6 aromatic rings. The number of hydrogen-bond acceptors (Lipinski definition) is 2. The van der Waals surface area contributed by atoms with Gasteiger partial charge in [-0.05, 0) is 84.9 Å². The van der Waals surface area contributed by atoms with Crippen LogP contribution in [0.1, 0.15) is 59.8 Å². The maximum absolute atomic E-state index is 10.1. The molecule has 0 aliphatic heterocycles. The van der Waals surface area contributed by atoms with E-state index in [2.05, 4.69) is 110 Å². The van der Waals surface area contributed by atoms with Crippen LogP contribution in [0.15, 0.2) is 108 Å². The van der Waals surface area contributed by atoms with Gasteiger partial charge in [0, 0.05) is 28.5 Å². The van der Waals surface area contributed by atoms with E-state index in [-0.39, 0.29) is 0 Å². The smallest absolute Gasteiger partial charge is 0.216 e. The quantitative estimate of drug-likeness (QED) is 0.212. The Labute approximate surface area is 241 Å². The zero-order chi connectivity index (χ0) is 27.9. The van der Waals surface area contributed by atoms with Gasteiger partial charge in [-0.15, -0.1) is 0 Å². The molecule has 41 heavy (non-hydrogen) atoms. The van der Waals surface area contributed by atoms with Crippen LogP contribution in [0.3, 0.4) is 0 Å². The normalized spacial score (nSPS) is 17.1. The van der Waals surface area contributed by atoms with Crippen LogP contribution in [0.2, 0.25) is 0 Å². The van der Waals surface area contributed by atoms with Gasteiger partial charge < -0.3 is 4.42 Å². The summed E-state index contributed by atoms with van der Waals surface area (Å²) in [4.78, 5) is 0. The van der Waals surface area contributed by atoms with Crippen molar-refractivity contribution in [3.8, 4) is 28.5 Å². The maximum Gasteiger partial charge on any atom is 0.216 e. The molecule has 1 fully saturated rings. The van der Waals surface area contributed by atoms with E-state index in [0.717, 1.165) is 49.9 Å². The Morgan fingerprint density at radius 3 is 1.95 bits per heavy atom. The van der Waals surface area contributed by atoms with Crippen LogP contribution in [0.4, 0.5) is 0 Å². The van der Waals surface area contributed by atoms with Crippen molar-refractivity contribution in [1.29, 1.82) is 5.26 Å². The van der Waals surface area contributed by atoms with Gasteiger partial charge in [0.1, 0.15) is 18.2 Å². The molecular formula is C38H33N2O+. The molecule has 2 heterocycles. The number of aromatic nitrogens is 1. The first kappa shape index (κ1) is 25.3. The van der Waals surface area contributed by atoms with Gasteiger partial charge in [-0.1, -0.05) is 66.7 Å². The van der Waals surface area contributed by atoms with E-state index >= 15 is 0 Å². The lowest BCUT2D eigenvalue weighted by atomic mass is 9.76. The van der Waals surface area contributed by atoms with E-state index in [1.165, 1.54) is 36.8 Å². The first-order chi connectivity index (χ1) is 20.1. The Balaban J connectivity index is 1.27. The predicted molar refractivity (Wildman–Crippen MR) is 166 cm³/mol. The van der Waals surface area contributed by atoms with Gasteiger partial charge in [0.15, 0.2) is 6.20 Å². The molecular weight excluding hydrogens is 500 g/mol. The SMILES string of the molecule is Cc1ccc2c(oc3c(-c4ccc(C5CCC(c6ccccc6)CC5)cc4)c(C#N)ccc32)c1-c1cccc[n+]1C. The minimum absolute atomic E-state index is 0.582. The van der Waals surface area contributed by atoms with Crippen LogP contribution in [-0.2, 0) is 7.05 Å². The van der Waals surface area contributed by atoms with Crippen LogP contribution in [0, 0.1) is 18.3 Å². The molecule has 1 aliphatic rings. The van der Waals surface area contributed by atoms with Crippen molar-refractivity contribution < 1.29 is 8.98 Å². The number of furan rings is 1. The zero-order valence-corrected chi connectivity index (χ0v) is 23.6. The average Bonchev–Trinajstić information content (AvgIpc) is 3.40. The molecule has 2 aromatic heterocycles. The van der Waals surface area contributed by atoms with Crippen molar-refractivity contribution in [2.24, 2.45) is 7.05 Å². The van der Waals surface area contributed by atoms with Crippen molar-refractivity contribution >= 4 is 21.9 Å². The fourth-order valence-electron chi connectivity index (χ4n) is 6.89. The largest absolute Gasteiger partial charge is 0.454 e. The van der Waals surface area contributed by atoms with E-state index in [9.17, 15) is 5.26 Å². The summed E-state index contributed by atoms with van der Waals surface area (Å²) in [5.41, 5.74) is 10.4. The van der Waals surface area contributed by atoms with Crippen LogP contribution < -0.4 is 4.57 Å². The minimum atomic E-state index is 0.582. The number of aryl methyl sites for hydroxylation is 2. The van der Waals surface area contributed by atoms with Crippen molar-refractivity contribution in [2.45, 2.75) is 44.4 Å². The number of nitrogens with zero attached hydrogens (tertiary/aromatic N) is 2. The summed E-state index contributed by atoms with van der Waals surface area (Å²) in [5.74, 6) is 1.25. The highest BCUT2D eigenvalue weighted by atomic mass is 16.3. The molecule has 4 aromatic carbocycles. The Kier molecular flexibility index (Phi) is 6.40. The molecule has 0 atom stereocenters. The Morgan fingerprint density at radius 2 is 1.29 bits per heavy atom. The van der Waals surface area contributed by atoms with E-state index in [1.54, 1.807) is 0 Å². The minimum Gasteiger partial charge on any atom is -0.454 e. The molecule has 0 N–H and O–H groups in total. The monoisotopic (exact) mass is 533 g/mol. The maximum atomic E-state index is 10.1. The molecule has 0 spiro atoms. The number of pyridine rings is 1. The standard InChI is InChI=1S/C38H33N2O/c1-25-11-21-32-33-22-20-31(24-39)36(38(33)41-37(32)35(25)34-10-6-7-23-40(34)2)30-18-16-29(17-19-30)28-14-12-27(13-15-28)26-8-4-3-5-9-26/h3-11,16-23,27-28H,12-15H2,1-2H3/q+1. The highest BCUT2D eigenvalue weighted by Gasteiger charge is 2.25. The lowest BCUT2D eigenvalue weighted by Gasteiger charge is -2.29. The van der Waals surface area contributed by atoms with Gasteiger partial charge in [0.25, 0.3) is 0 Å². The van der Waals surface area contributed by atoms with E-state index in [4.69, 9.17) is 4.42 Å². The van der Waals surface area contributed by atoms with Gasteiger partial charge in [-0.3, -0.25) is 0 Å². The van der Waals surface area contributed by atoms with Crippen LogP contribution in [0.5, 0.6) is 0 Å². The van der Waals surface area contributed by atoms with Gasteiger partial charge in [0.05, 0.1) is 17.2 Å². The Morgan fingerprint density at radius 1 is 0.683 bits per heavy atom. The second-order valence-corrected chi connectivity index (χ2v) is 11.5. The molecule has 1 saturated carbocycles. The summed E-state index contributed by atoms with van der Waals surface area (Å²) in [6, 6.07) is 36.8. The zero-order valence-electron chi connectivity index (χ0n) is 23.6. The van der Waals surface area contributed by atoms with Gasteiger partial charge in [-0.25, -0.2) is 4.57 Å². The van der Waals surface area contributed by atoms with Crippen molar-refractivity contribution in [3.63, 3.8) is 0 Å². The summed E-state index contributed by atoms with van der Waals surface area (Å²) < 4.78 is 8.87. The third-order valence-corrected chi connectivity index (χ3v) is 9.12. The topological polar surface area (TPSA) is 40.8 Å². The lowest BCUT2D eigenvalue weighted by Crippen LogP contribution is -2.30. The summed E-state index contributed by atoms with van der Waals surface area (Å²) in [7, 11) is 2.06. The highest BCUT2D eigenvalue weighted by molar-refractivity contribution is 6.14. The molecule has 200 valence electrons. The molecule has 7 rings (SSSR count). The second-order valence-electron chi connectivity index (χ2n) is 11.5.